The van der Waals surface area contributed by atoms with Gasteiger partial charge in [0.25, 0.3) is 5.91 Å². The van der Waals surface area contributed by atoms with Crippen molar-refractivity contribution >= 4 is 17.5 Å². The van der Waals surface area contributed by atoms with Crippen LogP contribution in [0.1, 0.15) is 34.3 Å². The monoisotopic (exact) mass is 377 g/mol. The number of carbonyl (C=O) groups excluding carboxylic acids is 2. The Balaban J connectivity index is 1.44. The van der Waals surface area contributed by atoms with Gasteiger partial charge in [-0.2, -0.15) is 0 Å². The molecule has 2 aromatic carbocycles. The Hall–Kier alpha value is -3.28. The molecule has 28 heavy (non-hydrogen) atoms. The Morgan fingerprint density at radius 1 is 1.21 bits per heavy atom. The summed E-state index contributed by atoms with van der Waals surface area (Å²) in [5.74, 6) is 0.606. The number of nitrogens with zero attached hydrogens (tertiary/aromatic N) is 1. The van der Waals surface area contributed by atoms with Crippen molar-refractivity contribution in [2.45, 2.75) is 32.0 Å². The molecule has 2 N–H and O–H groups in total. The lowest BCUT2D eigenvalue weighted by molar-refractivity contribution is -0.126. The van der Waals surface area contributed by atoms with E-state index >= 15 is 0 Å². The van der Waals surface area contributed by atoms with Crippen LogP contribution in [0.2, 0.25) is 0 Å². The number of ether oxygens (including phenoxy) is 1. The lowest BCUT2D eigenvalue weighted by Crippen LogP contribution is -2.49. The summed E-state index contributed by atoms with van der Waals surface area (Å²) in [5.41, 5.74) is 4.42. The standard InChI is InChI=1S/C22H23N3O3/c1-14-3-10-20(21(26)24-14)25-13-16-11-17(6-9-19(16)22(25)27)23-12-15-4-7-18(28-2)8-5-15/h4-9,11,20,23H,1,3,10,12-13H2,2H3,(H,24,26). The maximum Gasteiger partial charge on any atom is 0.255 e. The summed E-state index contributed by atoms with van der Waals surface area (Å²) in [4.78, 5) is 26.7. The second-order valence-corrected chi connectivity index (χ2v) is 7.15. The molecular weight excluding hydrogens is 354 g/mol. The second kappa shape index (κ2) is 7.38. The lowest BCUT2D eigenvalue weighted by Gasteiger charge is -2.30. The first-order valence-corrected chi connectivity index (χ1v) is 9.34. The van der Waals surface area contributed by atoms with Crippen molar-refractivity contribution < 1.29 is 14.3 Å². The molecule has 0 aliphatic carbocycles. The van der Waals surface area contributed by atoms with Crippen LogP contribution in [0.3, 0.4) is 0 Å². The van der Waals surface area contributed by atoms with Gasteiger partial charge in [0, 0.05) is 30.0 Å². The number of rotatable bonds is 5. The van der Waals surface area contributed by atoms with Crippen LogP contribution in [-0.4, -0.2) is 29.9 Å². The molecule has 1 saturated heterocycles. The van der Waals surface area contributed by atoms with Gasteiger partial charge in [-0.05, 0) is 54.3 Å². The van der Waals surface area contributed by atoms with Gasteiger partial charge in [0.1, 0.15) is 11.8 Å². The summed E-state index contributed by atoms with van der Waals surface area (Å²) in [5, 5.41) is 6.15. The van der Waals surface area contributed by atoms with Gasteiger partial charge in [-0.3, -0.25) is 9.59 Å². The fraction of sp³-hybridized carbons (Fsp3) is 0.273. The number of fused-ring (bicyclic) bond motifs is 1. The van der Waals surface area contributed by atoms with Gasteiger partial charge in [-0.1, -0.05) is 18.7 Å². The molecule has 6 nitrogen and oxygen atoms in total. The maximum absolute atomic E-state index is 12.8. The Labute approximate surface area is 164 Å². The number of carbonyl (C=O) groups is 2. The summed E-state index contributed by atoms with van der Waals surface area (Å²) >= 11 is 0. The van der Waals surface area contributed by atoms with Crippen LogP contribution in [0, 0.1) is 0 Å². The van der Waals surface area contributed by atoms with Crippen LogP contribution < -0.4 is 15.4 Å². The van der Waals surface area contributed by atoms with Crippen molar-refractivity contribution in [2.75, 3.05) is 12.4 Å². The number of allylic oxidation sites excluding steroid dienone is 1. The normalized spacial score (nSPS) is 18.7. The molecule has 1 atom stereocenters. The molecule has 1 unspecified atom stereocenters. The highest BCUT2D eigenvalue weighted by Crippen LogP contribution is 2.30. The number of piperidine rings is 1. The number of amides is 2. The Bertz CT molecular complexity index is 937. The van der Waals surface area contributed by atoms with E-state index in [0.717, 1.165) is 28.3 Å². The highest BCUT2D eigenvalue weighted by atomic mass is 16.5. The van der Waals surface area contributed by atoms with E-state index in [0.29, 0.717) is 31.5 Å². The fourth-order valence-electron chi connectivity index (χ4n) is 3.71. The predicted molar refractivity (Wildman–Crippen MR) is 107 cm³/mol. The van der Waals surface area contributed by atoms with Gasteiger partial charge in [0.05, 0.1) is 7.11 Å². The molecule has 2 aromatic rings. The molecule has 6 heteroatoms. The molecule has 0 spiro atoms. The summed E-state index contributed by atoms with van der Waals surface area (Å²) in [6.45, 7) is 4.93. The van der Waals surface area contributed by atoms with E-state index in [-0.39, 0.29) is 11.8 Å². The molecule has 0 bridgehead atoms. The molecule has 1 fully saturated rings. The smallest absolute Gasteiger partial charge is 0.255 e. The first kappa shape index (κ1) is 18.1. The van der Waals surface area contributed by atoms with Crippen LogP contribution in [0.5, 0.6) is 5.75 Å². The number of benzene rings is 2. The molecule has 0 saturated carbocycles. The molecule has 144 valence electrons. The van der Waals surface area contributed by atoms with Crippen molar-refractivity contribution in [3.05, 3.63) is 71.4 Å². The van der Waals surface area contributed by atoms with Crippen LogP contribution in [0.15, 0.2) is 54.7 Å². The van der Waals surface area contributed by atoms with Crippen molar-refractivity contribution in [3.63, 3.8) is 0 Å². The Morgan fingerprint density at radius 2 is 2.00 bits per heavy atom. The lowest BCUT2D eigenvalue weighted by atomic mass is 10.0. The maximum atomic E-state index is 12.8. The Morgan fingerprint density at radius 3 is 2.71 bits per heavy atom. The SMILES string of the molecule is C=C1CCC(N2Cc3cc(NCc4ccc(OC)cc4)ccc3C2=O)C(=O)N1. The summed E-state index contributed by atoms with van der Waals surface area (Å²) in [7, 11) is 1.65. The molecule has 2 aliphatic rings. The largest absolute Gasteiger partial charge is 0.497 e. The van der Waals surface area contributed by atoms with Crippen LogP contribution in [0.4, 0.5) is 5.69 Å². The molecular formula is C22H23N3O3. The molecule has 4 rings (SSSR count). The van der Waals surface area contributed by atoms with Gasteiger partial charge in [-0.15, -0.1) is 0 Å². The molecule has 0 aromatic heterocycles. The topological polar surface area (TPSA) is 70.7 Å². The first-order chi connectivity index (χ1) is 13.5. The third-order valence-corrected chi connectivity index (χ3v) is 5.29. The van der Waals surface area contributed by atoms with Gasteiger partial charge in [-0.25, -0.2) is 0 Å². The third-order valence-electron chi connectivity index (χ3n) is 5.29. The van der Waals surface area contributed by atoms with Gasteiger partial charge < -0.3 is 20.3 Å². The fourth-order valence-corrected chi connectivity index (χ4v) is 3.71. The van der Waals surface area contributed by atoms with E-state index in [2.05, 4.69) is 17.2 Å². The van der Waals surface area contributed by atoms with Crippen LogP contribution in [0.25, 0.3) is 0 Å². The molecule has 2 aliphatic heterocycles. The van der Waals surface area contributed by atoms with Crippen molar-refractivity contribution in [1.29, 1.82) is 0 Å². The second-order valence-electron chi connectivity index (χ2n) is 7.15. The van der Waals surface area contributed by atoms with Gasteiger partial charge in [0.2, 0.25) is 5.91 Å². The molecule has 2 amide bonds. The highest BCUT2D eigenvalue weighted by molar-refractivity contribution is 6.01. The molecule has 2 heterocycles. The minimum Gasteiger partial charge on any atom is -0.497 e. The van der Waals surface area contributed by atoms with Crippen molar-refractivity contribution in [2.24, 2.45) is 0 Å². The van der Waals surface area contributed by atoms with Crippen molar-refractivity contribution in [3.8, 4) is 5.75 Å². The summed E-state index contributed by atoms with van der Waals surface area (Å²) in [6, 6.07) is 13.2. The van der Waals surface area contributed by atoms with E-state index in [1.165, 1.54) is 0 Å². The number of nitrogens with one attached hydrogen (secondary N) is 2. The number of hydrogen-bond acceptors (Lipinski definition) is 4. The van der Waals surface area contributed by atoms with Gasteiger partial charge >= 0.3 is 0 Å². The van der Waals surface area contributed by atoms with Gasteiger partial charge in [0.15, 0.2) is 0 Å². The van der Waals surface area contributed by atoms with Crippen LogP contribution >= 0.6 is 0 Å². The average Bonchev–Trinajstić information content (AvgIpc) is 3.02. The number of methoxy groups -OCH3 is 1. The zero-order valence-corrected chi connectivity index (χ0v) is 15.8. The first-order valence-electron chi connectivity index (χ1n) is 9.34. The summed E-state index contributed by atoms with van der Waals surface area (Å²) < 4.78 is 5.18. The zero-order chi connectivity index (χ0) is 19.7. The van der Waals surface area contributed by atoms with Crippen LogP contribution in [-0.2, 0) is 17.9 Å². The predicted octanol–water partition coefficient (Wildman–Crippen LogP) is 3.06. The van der Waals surface area contributed by atoms with E-state index in [1.807, 2.05) is 42.5 Å². The zero-order valence-electron chi connectivity index (χ0n) is 15.8. The van der Waals surface area contributed by atoms with E-state index < -0.39 is 6.04 Å². The Kier molecular flexibility index (Phi) is 4.77. The summed E-state index contributed by atoms with van der Waals surface area (Å²) in [6.07, 6.45) is 1.32. The van der Waals surface area contributed by atoms with E-state index in [4.69, 9.17) is 4.74 Å². The minimum absolute atomic E-state index is 0.0793. The highest BCUT2D eigenvalue weighted by Gasteiger charge is 2.38. The van der Waals surface area contributed by atoms with E-state index in [1.54, 1.807) is 12.0 Å². The average molecular weight is 377 g/mol. The number of anilines is 1. The molecule has 0 radical (unpaired) electrons. The van der Waals surface area contributed by atoms with E-state index in [9.17, 15) is 9.59 Å². The minimum atomic E-state index is -0.430. The van der Waals surface area contributed by atoms with Crippen molar-refractivity contribution in [1.82, 2.24) is 10.2 Å². The quantitative estimate of drug-likeness (QED) is 0.840. The number of hydrogen-bond donors (Lipinski definition) is 2. The third kappa shape index (κ3) is 3.45.